The van der Waals surface area contributed by atoms with Gasteiger partial charge in [-0.1, -0.05) is 12.1 Å². The zero-order valence-corrected chi connectivity index (χ0v) is 13.7. The van der Waals surface area contributed by atoms with E-state index < -0.39 is 32.4 Å². The van der Waals surface area contributed by atoms with Crippen molar-refractivity contribution in [1.29, 1.82) is 0 Å². The molecule has 0 heterocycles. The van der Waals surface area contributed by atoms with Gasteiger partial charge in [0.2, 0.25) is 0 Å². The van der Waals surface area contributed by atoms with Gasteiger partial charge >= 0.3 is 5.97 Å². The van der Waals surface area contributed by atoms with E-state index in [0.717, 1.165) is 11.8 Å². The molecule has 2 N–H and O–H groups in total. The summed E-state index contributed by atoms with van der Waals surface area (Å²) in [6.45, 7) is 1.80. The highest BCUT2D eigenvalue weighted by molar-refractivity contribution is 7.91. The molecule has 6 nitrogen and oxygen atoms in total. The first-order valence-corrected chi connectivity index (χ1v) is 8.98. The van der Waals surface area contributed by atoms with Gasteiger partial charge in [-0.2, -0.15) is 0 Å². The number of hydrogen-bond donors (Lipinski definition) is 1. The van der Waals surface area contributed by atoms with Crippen molar-refractivity contribution in [3.8, 4) is 5.75 Å². The Balaban J connectivity index is 2.44. The number of hydrogen-bond acceptors (Lipinski definition) is 6. The molecule has 1 aromatic carbocycles. The van der Waals surface area contributed by atoms with Crippen molar-refractivity contribution in [3.63, 3.8) is 0 Å². The summed E-state index contributed by atoms with van der Waals surface area (Å²) in [6, 6.07) is 7.00. The molecule has 22 heavy (non-hydrogen) atoms. The van der Waals surface area contributed by atoms with E-state index in [0.29, 0.717) is 5.75 Å². The normalized spacial score (nSPS) is 27.3. The van der Waals surface area contributed by atoms with Gasteiger partial charge in [0.05, 0.1) is 19.0 Å². The Morgan fingerprint density at radius 2 is 1.91 bits per heavy atom. The number of ether oxygens (including phenoxy) is 2. The van der Waals surface area contributed by atoms with Crippen LogP contribution in [0.25, 0.3) is 0 Å². The lowest BCUT2D eigenvalue weighted by Gasteiger charge is -2.14. The number of carbonyl (C=O) groups is 1. The third kappa shape index (κ3) is 2.59. The Labute approximate surface area is 130 Å². The number of sulfone groups is 1. The summed E-state index contributed by atoms with van der Waals surface area (Å²) in [4.78, 5) is 12.3. The van der Waals surface area contributed by atoms with Crippen LogP contribution in [0.1, 0.15) is 18.4 Å². The highest BCUT2D eigenvalue weighted by Crippen LogP contribution is 2.63. The van der Waals surface area contributed by atoms with Gasteiger partial charge in [-0.15, -0.1) is 0 Å². The lowest BCUT2D eigenvalue weighted by Crippen LogP contribution is -2.33. The quantitative estimate of drug-likeness (QED) is 0.773. The Hall–Kier alpha value is -1.60. The summed E-state index contributed by atoms with van der Waals surface area (Å²) in [5.74, 6) is -0.374. The Morgan fingerprint density at radius 3 is 2.32 bits per heavy atom. The van der Waals surface area contributed by atoms with Gasteiger partial charge in [0.15, 0.2) is 9.84 Å². The first-order valence-electron chi connectivity index (χ1n) is 7.03. The van der Waals surface area contributed by atoms with Gasteiger partial charge in [0.25, 0.3) is 0 Å². The molecule has 0 aromatic heterocycles. The molecule has 7 heteroatoms. The number of carbonyl (C=O) groups excluding carboxylic acids is 1. The van der Waals surface area contributed by atoms with Crippen LogP contribution in [-0.2, 0) is 19.4 Å². The number of methoxy groups -OCH3 is 1. The average Bonchev–Trinajstić information content (AvgIpc) is 3.18. The monoisotopic (exact) mass is 327 g/mol. The summed E-state index contributed by atoms with van der Waals surface area (Å²) in [6.07, 6.45) is 1.13. The van der Waals surface area contributed by atoms with Crippen LogP contribution in [0.2, 0.25) is 0 Å². The molecule has 2 rings (SSSR count). The van der Waals surface area contributed by atoms with E-state index in [1.54, 1.807) is 38.3 Å². The molecule has 0 amide bonds. The van der Waals surface area contributed by atoms with Gasteiger partial charge in [0.1, 0.15) is 11.2 Å². The van der Waals surface area contributed by atoms with Gasteiger partial charge < -0.3 is 15.2 Å². The SMILES string of the molecule is CCOC(=O)C1(CN)C(c2ccc(OC)cc2)C1S(C)(=O)=O. The van der Waals surface area contributed by atoms with Crippen molar-refractivity contribution in [1.82, 2.24) is 0 Å². The number of rotatable bonds is 6. The van der Waals surface area contributed by atoms with Crippen molar-refractivity contribution in [2.45, 2.75) is 18.1 Å². The number of benzene rings is 1. The fourth-order valence-electron chi connectivity index (χ4n) is 3.15. The van der Waals surface area contributed by atoms with Gasteiger partial charge in [-0.3, -0.25) is 4.79 Å². The van der Waals surface area contributed by atoms with E-state index in [-0.39, 0.29) is 13.2 Å². The number of esters is 1. The molecule has 0 radical (unpaired) electrons. The second-order valence-corrected chi connectivity index (χ2v) is 7.63. The average molecular weight is 327 g/mol. The molecule has 0 bridgehead atoms. The maximum Gasteiger partial charge on any atom is 0.315 e. The first kappa shape index (κ1) is 16.8. The van der Waals surface area contributed by atoms with E-state index in [1.807, 2.05) is 0 Å². The van der Waals surface area contributed by atoms with E-state index in [4.69, 9.17) is 15.2 Å². The summed E-state index contributed by atoms with van der Waals surface area (Å²) < 4.78 is 34.4. The topological polar surface area (TPSA) is 95.7 Å². The van der Waals surface area contributed by atoms with E-state index >= 15 is 0 Å². The van der Waals surface area contributed by atoms with Crippen LogP contribution in [0.5, 0.6) is 5.75 Å². The zero-order chi connectivity index (χ0) is 16.5. The van der Waals surface area contributed by atoms with Gasteiger partial charge in [-0.05, 0) is 24.6 Å². The predicted molar refractivity (Wildman–Crippen MR) is 82.5 cm³/mol. The standard InChI is InChI=1S/C15H21NO5S/c1-4-21-14(17)15(9-16)12(13(15)22(3,18)19)10-5-7-11(20-2)8-6-10/h5-8,12-13H,4,9,16H2,1-3H3. The largest absolute Gasteiger partial charge is 0.497 e. The summed E-state index contributed by atoms with van der Waals surface area (Å²) >= 11 is 0. The maximum atomic E-state index is 12.3. The minimum atomic E-state index is -3.44. The summed E-state index contributed by atoms with van der Waals surface area (Å²) in [5, 5.41) is -0.850. The second-order valence-electron chi connectivity index (χ2n) is 5.47. The van der Waals surface area contributed by atoms with Crippen LogP contribution in [-0.4, -0.2) is 46.2 Å². The van der Waals surface area contributed by atoms with Gasteiger partial charge in [0, 0.05) is 18.7 Å². The molecule has 0 saturated heterocycles. The Kier molecular flexibility index (Phi) is 4.49. The Bertz CT molecular complexity index is 655. The first-order chi connectivity index (χ1) is 10.3. The van der Waals surface area contributed by atoms with Crippen molar-refractivity contribution >= 4 is 15.8 Å². The highest BCUT2D eigenvalue weighted by atomic mass is 32.2. The van der Waals surface area contributed by atoms with E-state index in [2.05, 4.69) is 0 Å². The fourth-order valence-corrected chi connectivity index (χ4v) is 5.07. The van der Waals surface area contributed by atoms with Crippen molar-refractivity contribution in [3.05, 3.63) is 29.8 Å². The fraction of sp³-hybridized carbons (Fsp3) is 0.533. The second kappa shape index (κ2) is 5.89. The Morgan fingerprint density at radius 1 is 1.32 bits per heavy atom. The van der Waals surface area contributed by atoms with Gasteiger partial charge in [-0.25, -0.2) is 8.42 Å². The molecule has 3 unspecified atom stereocenters. The van der Waals surface area contributed by atoms with Crippen LogP contribution >= 0.6 is 0 Å². The van der Waals surface area contributed by atoms with E-state index in [9.17, 15) is 13.2 Å². The van der Waals surface area contributed by atoms with Crippen molar-refractivity contribution in [2.24, 2.45) is 11.1 Å². The lowest BCUT2D eigenvalue weighted by molar-refractivity contribution is -0.149. The van der Waals surface area contributed by atoms with Crippen LogP contribution < -0.4 is 10.5 Å². The van der Waals surface area contributed by atoms with Crippen LogP contribution in [0, 0.1) is 5.41 Å². The molecule has 1 aromatic rings. The maximum absolute atomic E-state index is 12.3. The molecule has 1 saturated carbocycles. The number of nitrogens with two attached hydrogens (primary N) is 1. The molecule has 0 aliphatic heterocycles. The minimum Gasteiger partial charge on any atom is -0.497 e. The summed E-state index contributed by atoms with van der Waals surface area (Å²) in [5.41, 5.74) is 5.33. The van der Waals surface area contributed by atoms with E-state index in [1.165, 1.54) is 0 Å². The molecular weight excluding hydrogens is 306 g/mol. The highest BCUT2D eigenvalue weighted by Gasteiger charge is 2.74. The van der Waals surface area contributed by atoms with Crippen molar-refractivity contribution in [2.75, 3.05) is 26.5 Å². The smallest absolute Gasteiger partial charge is 0.315 e. The lowest BCUT2D eigenvalue weighted by atomic mass is 9.99. The minimum absolute atomic E-state index is 0.0692. The van der Waals surface area contributed by atoms with Crippen LogP contribution in [0.3, 0.4) is 0 Å². The molecule has 3 atom stereocenters. The predicted octanol–water partition coefficient (Wildman–Crippen LogP) is 0.714. The molecule has 1 aliphatic rings. The van der Waals surface area contributed by atoms with Crippen LogP contribution in [0.4, 0.5) is 0 Å². The van der Waals surface area contributed by atoms with Crippen LogP contribution in [0.15, 0.2) is 24.3 Å². The molecule has 1 fully saturated rings. The zero-order valence-electron chi connectivity index (χ0n) is 12.9. The third-order valence-electron chi connectivity index (χ3n) is 4.19. The summed E-state index contributed by atoms with van der Waals surface area (Å²) in [7, 11) is -1.89. The molecule has 122 valence electrons. The third-order valence-corrected chi connectivity index (χ3v) is 5.80. The molecular formula is C15H21NO5S. The molecule has 1 aliphatic carbocycles. The molecule has 0 spiro atoms. The van der Waals surface area contributed by atoms with Crippen molar-refractivity contribution < 1.29 is 22.7 Å².